The van der Waals surface area contributed by atoms with Gasteiger partial charge in [-0.2, -0.15) is 0 Å². The highest BCUT2D eigenvalue weighted by molar-refractivity contribution is 5.25. The van der Waals surface area contributed by atoms with Gasteiger partial charge in [-0.15, -0.1) is 0 Å². The lowest BCUT2D eigenvalue weighted by Gasteiger charge is -2.58. The van der Waals surface area contributed by atoms with Gasteiger partial charge in [-0.05, 0) is 163 Å². The first-order chi connectivity index (χ1) is 30.6. The smallest absolute Gasteiger partial charge is 0.0936 e. The van der Waals surface area contributed by atoms with Gasteiger partial charge in [0.25, 0.3) is 0 Å². The van der Waals surface area contributed by atoms with Gasteiger partial charge in [0.15, 0.2) is 0 Å². The monoisotopic (exact) mass is 878 g/mol. The van der Waals surface area contributed by atoms with Crippen LogP contribution in [0.3, 0.4) is 0 Å². The van der Waals surface area contributed by atoms with Gasteiger partial charge in [0, 0.05) is 25.2 Å². The molecule has 5 nitrogen and oxygen atoms in total. The Morgan fingerprint density at radius 1 is 0.698 bits per heavy atom. The normalized spacial score (nSPS) is 32.1. The molecule has 5 heteroatoms. The van der Waals surface area contributed by atoms with E-state index in [0.29, 0.717) is 62.1 Å². The molecule has 0 N–H and O–H groups in total. The van der Waals surface area contributed by atoms with Crippen molar-refractivity contribution in [1.82, 2.24) is 4.90 Å². The Kier molecular flexibility index (Phi) is 23.9. The van der Waals surface area contributed by atoms with E-state index in [1.54, 1.807) is 5.57 Å². The number of unbranched alkanes of at least 4 members (excludes halogenated alkanes) is 9. The van der Waals surface area contributed by atoms with Crippen molar-refractivity contribution < 1.29 is 18.9 Å². The van der Waals surface area contributed by atoms with Crippen LogP contribution in [0.4, 0.5) is 0 Å². The number of nitrogens with zero attached hydrogens (tertiary/aromatic N) is 1. The van der Waals surface area contributed by atoms with Gasteiger partial charge in [-0.3, -0.25) is 4.90 Å². The van der Waals surface area contributed by atoms with Crippen molar-refractivity contribution in [3.8, 4) is 0 Å². The lowest BCUT2D eigenvalue weighted by Crippen LogP contribution is -2.51. The Balaban J connectivity index is 0.927. The molecule has 0 aromatic rings. The molecule has 1 saturated heterocycles. The molecule has 0 aromatic carbocycles. The lowest BCUT2D eigenvalue weighted by atomic mass is 9.47. The average Bonchev–Trinajstić information content (AvgIpc) is 3.79. The molecule has 364 valence electrons. The molecule has 1 heterocycles. The summed E-state index contributed by atoms with van der Waals surface area (Å²) in [5, 5.41) is 0. The van der Waals surface area contributed by atoms with Gasteiger partial charge >= 0.3 is 0 Å². The van der Waals surface area contributed by atoms with Crippen molar-refractivity contribution in [2.45, 2.75) is 240 Å². The molecular formula is C58H103NO4. The molecule has 3 saturated carbocycles. The third-order valence-corrected chi connectivity index (χ3v) is 17.8. The van der Waals surface area contributed by atoms with Crippen molar-refractivity contribution in [3.63, 3.8) is 0 Å². The van der Waals surface area contributed by atoms with Crippen LogP contribution < -0.4 is 0 Å². The zero-order valence-corrected chi connectivity index (χ0v) is 42.9. The molecule has 63 heavy (non-hydrogen) atoms. The fraction of sp³-hybridized carbons (Fsp3) is 0.897. The lowest BCUT2D eigenvalue weighted by molar-refractivity contribution is -0.0743. The molecular weight excluding hydrogens is 775 g/mol. The highest BCUT2D eigenvalue weighted by Crippen LogP contribution is 2.67. The van der Waals surface area contributed by atoms with E-state index in [0.717, 1.165) is 67.9 Å². The Hall–Kier alpha value is -0.980. The molecule has 11 atom stereocenters. The molecule has 4 aliphatic carbocycles. The predicted molar refractivity (Wildman–Crippen MR) is 268 cm³/mol. The molecule has 0 amide bonds. The predicted octanol–water partition coefficient (Wildman–Crippen LogP) is 15.5. The summed E-state index contributed by atoms with van der Waals surface area (Å²) < 4.78 is 25.4. The van der Waals surface area contributed by atoms with Crippen molar-refractivity contribution in [2.24, 2.45) is 46.3 Å². The minimum Gasteiger partial charge on any atom is -0.379 e. The van der Waals surface area contributed by atoms with E-state index < -0.39 is 0 Å². The third-order valence-electron chi connectivity index (χ3n) is 17.8. The maximum atomic E-state index is 6.53. The molecule has 6 unspecified atom stereocenters. The minimum absolute atomic E-state index is 0.0912. The Labute approximate surface area is 391 Å². The summed E-state index contributed by atoms with van der Waals surface area (Å²) in [6.45, 7) is 24.8. The number of ether oxygens (including phenoxy) is 4. The maximum absolute atomic E-state index is 6.53. The molecule has 0 spiro atoms. The van der Waals surface area contributed by atoms with Gasteiger partial charge in [-0.25, -0.2) is 0 Å². The average molecular weight is 878 g/mol. The molecule has 0 radical (unpaired) electrons. The maximum Gasteiger partial charge on any atom is 0.0936 e. The van der Waals surface area contributed by atoms with Crippen LogP contribution in [0.2, 0.25) is 0 Å². The second kappa shape index (κ2) is 28.4. The number of fused-ring (bicyclic) bond motifs is 5. The van der Waals surface area contributed by atoms with Gasteiger partial charge in [0.05, 0.1) is 45.2 Å². The molecule has 1 aliphatic heterocycles. The Morgan fingerprint density at radius 2 is 1.41 bits per heavy atom. The first kappa shape index (κ1) is 53.0. The summed E-state index contributed by atoms with van der Waals surface area (Å²) in [6.07, 6.45) is 45.4. The molecule has 0 bridgehead atoms. The third kappa shape index (κ3) is 16.3. The first-order valence-electron chi connectivity index (χ1n) is 27.7. The number of hydrogen-bond acceptors (Lipinski definition) is 5. The summed E-state index contributed by atoms with van der Waals surface area (Å²) in [6, 6.07) is 1.24. The number of hydrogen-bond donors (Lipinski definition) is 0. The topological polar surface area (TPSA) is 40.2 Å². The van der Waals surface area contributed by atoms with E-state index in [1.165, 1.54) is 141 Å². The van der Waals surface area contributed by atoms with Crippen molar-refractivity contribution in [2.75, 3.05) is 46.2 Å². The van der Waals surface area contributed by atoms with Gasteiger partial charge in [0.2, 0.25) is 0 Å². The number of likely N-dealkylation sites (tertiary alicyclic amines) is 1. The largest absolute Gasteiger partial charge is 0.379 e. The summed E-state index contributed by atoms with van der Waals surface area (Å²) >= 11 is 0. The van der Waals surface area contributed by atoms with Crippen LogP contribution in [0.1, 0.15) is 216 Å². The minimum atomic E-state index is 0.0912. The van der Waals surface area contributed by atoms with Gasteiger partial charge in [0.1, 0.15) is 0 Å². The van der Waals surface area contributed by atoms with E-state index in [9.17, 15) is 0 Å². The highest BCUT2D eigenvalue weighted by atomic mass is 16.6. The fourth-order valence-electron chi connectivity index (χ4n) is 13.8. The summed E-state index contributed by atoms with van der Waals surface area (Å²) in [4.78, 5) is 2.63. The van der Waals surface area contributed by atoms with Crippen LogP contribution in [-0.4, -0.2) is 75.4 Å². The Morgan fingerprint density at radius 3 is 2.16 bits per heavy atom. The number of allylic oxidation sites excluding steroid dienone is 5. The molecule has 5 rings (SSSR count). The summed E-state index contributed by atoms with van der Waals surface area (Å²) in [5.74, 6) is 5.36. The van der Waals surface area contributed by atoms with Crippen LogP contribution in [0, 0.1) is 46.3 Å². The molecule has 5 aliphatic rings. The second-order valence-corrected chi connectivity index (χ2v) is 22.8. The first-order valence-corrected chi connectivity index (χ1v) is 27.7. The molecule has 0 aromatic heterocycles. The van der Waals surface area contributed by atoms with E-state index in [4.69, 9.17) is 18.9 Å². The van der Waals surface area contributed by atoms with Crippen molar-refractivity contribution in [1.29, 1.82) is 0 Å². The van der Waals surface area contributed by atoms with Crippen LogP contribution in [0.5, 0.6) is 0 Å². The van der Waals surface area contributed by atoms with Crippen molar-refractivity contribution in [3.05, 3.63) is 36.0 Å². The SMILES string of the molecule is CCCCCC=CCC=CCCCCCCCCOCC(CN1C(C)CCC1C)OCCOCCO[C@H]1CC[C@@]2(C)C(=CCC3C2CC[C@@]2(C)C3CC[C@@H]2[C@H](C)CCCC(C)C)C1. The summed E-state index contributed by atoms with van der Waals surface area (Å²) in [5.41, 5.74) is 2.68. The van der Waals surface area contributed by atoms with Crippen molar-refractivity contribution >= 4 is 0 Å². The second-order valence-electron chi connectivity index (χ2n) is 22.8. The zero-order chi connectivity index (χ0) is 44.9. The van der Waals surface area contributed by atoms with Gasteiger partial charge in [-0.1, -0.05) is 135 Å². The summed E-state index contributed by atoms with van der Waals surface area (Å²) in [7, 11) is 0. The van der Waals surface area contributed by atoms with E-state index in [2.05, 4.69) is 90.7 Å². The highest BCUT2D eigenvalue weighted by Gasteiger charge is 2.59. The van der Waals surface area contributed by atoms with Crippen LogP contribution in [0.25, 0.3) is 0 Å². The Bertz CT molecular complexity index is 1320. The molecule has 4 fully saturated rings. The quantitative estimate of drug-likeness (QED) is 0.0497. The number of rotatable bonds is 32. The fourth-order valence-corrected chi connectivity index (χ4v) is 13.8. The van der Waals surface area contributed by atoms with E-state index >= 15 is 0 Å². The zero-order valence-electron chi connectivity index (χ0n) is 42.9. The van der Waals surface area contributed by atoms with Gasteiger partial charge < -0.3 is 18.9 Å². The van der Waals surface area contributed by atoms with E-state index in [-0.39, 0.29) is 6.10 Å². The van der Waals surface area contributed by atoms with Crippen LogP contribution in [0.15, 0.2) is 36.0 Å². The van der Waals surface area contributed by atoms with Crippen LogP contribution in [-0.2, 0) is 18.9 Å². The standard InChI is InChI=1S/C58H103NO4/c1-9-10-11-12-13-14-15-16-17-18-19-20-21-22-23-24-38-61-45-52(44-59-48(5)28-29-49(59)6)63-42-40-60-39-41-62-51-34-36-57(7)50(43-51)30-31-53-55-33-32-54(47(4)27-25-26-46(2)3)58(55,8)37-35-56(53)57/h13-14,16-17,30,46-49,51-56H,9-12,15,18-29,31-45H2,1-8H3/t47-,48?,49?,51+,52?,53?,54-,55?,56?,57+,58-/m1/s1. The van der Waals surface area contributed by atoms with E-state index in [1.807, 2.05) is 0 Å². The van der Waals surface area contributed by atoms with Crippen LogP contribution >= 0.6 is 0 Å².